The van der Waals surface area contributed by atoms with E-state index < -0.39 is 6.10 Å². The lowest BCUT2D eigenvalue weighted by Gasteiger charge is -1.98. The van der Waals surface area contributed by atoms with E-state index in [9.17, 15) is 5.11 Å². The topological polar surface area (TPSA) is 33.1 Å². The first kappa shape index (κ1) is 11.6. The van der Waals surface area contributed by atoms with Gasteiger partial charge in [0.25, 0.3) is 0 Å². The quantitative estimate of drug-likeness (QED) is 0.883. The van der Waals surface area contributed by atoms with Crippen molar-refractivity contribution in [3.8, 4) is 10.6 Å². The molecule has 0 saturated carbocycles. The molecule has 16 heavy (non-hydrogen) atoms. The van der Waals surface area contributed by atoms with Crippen molar-refractivity contribution in [2.75, 3.05) is 0 Å². The first-order chi connectivity index (χ1) is 7.58. The summed E-state index contributed by atoms with van der Waals surface area (Å²) in [5, 5.41) is 11.2. The van der Waals surface area contributed by atoms with E-state index in [0.717, 1.165) is 21.1 Å². The van der Waals surface area contributed by atoms with E-state index in [-0.39, 0.29) is 0 Å². The Kier molecular flexibility index (Phi) is 3.28. The lowest BCUT2D eigenvalue weighted by Crippen LogP contribution is -1.88. The van der Waals surface area contributed by atoms with Crippen LogP contribution >= 0.6 is 22.9 Å². The minimum absolute atomic E-state index is 0.460. The Balaban J connectivity index is 2.41. The largest absolute Gasteiger partial charge is 0.388 e. The molecule has 0 aliphatic heterocycles. The van der Waals surface area contributed by atoms with E-state index in [1.807, 2.05) is 31.2 Å². The van der Waals surface area contributed by atoms with E-state index in [1.165, 1.54) is 11.3 Å². The summed E-state index contributed by atoms with van der Waals surface area (Å²) in [6.07, 6.45) is -0.460. The van der Waals surface area contributed by atoms with Gasteiger partial charge in [-0.25, -0.2) is 4.98 Å². The Morgan fingerprint density at radius 1 is 1.31 bits per heavy atom. The smallest absolute Gasteiger partial charge is 0.123 e. The minimum atomic E-state index is -0.460. The second-order valence-corrected chi connectivity index (χ2v) is 5.12. The zero-order valence-electron chi connectivity index (χ0n) is 9.07. The van der Waals surface area contributed by atoms with Crippen molar-refractivity contribution in [2.24, 2.45) is 0 Å². The van der Waals surface area contributed by atoms with Crippen molar-refractivity contribution >= 4 is 22.9 Å². The summed E-state index contributed by atoms with van der Waals surface area (Å²) < 4.78 is 0. The summed E-state index contributed by atoms with van der Waals surface area (Å²) in [5.74, 6) is 0. The third-order valence-electron chi connectivity index (χ3n) is 2.30. The summed E-state index contributed by atoms with van der Waals surface area (Å²) in [4.78, 5) is 5.37. The molecule has 0 aliphatic carbocycles. The predicted octanol–water partition coefficient (Wildman–Crippen LogP) is 3.83. The zero-order valence-corrected chi connectivity index (χ0v) is 10.6. The lowest BCUT2D eigenvalue weighted by atomic mass is 10.2. The maximum Gasteiger partial charge on any atom is 0.123 e. The van der Waals surface area contributed by atoms with Gasteiger partial charge >= 0.3 is 0 Å². The van der Waals surface area contributed by atoms with Gasteiger partial charge in [0.15, 0.2) is 0 Å². The average Bonchev–Trinajstić information content (AvgIpc) is 2.61. The SMILES string of the molecule is Cc1nc(-c2ccc(Cl)cc2)sc1[C@H](C)O. The molecule has 0 saturated heterocycles. The molecule has 0 unspecified atom stereocenters. The molecule has 0 aliphatic rings. The predicted molar refractivity (Wildman–Crippen MR) is 67.9 cm³/mol. The van der Waals surface area contributed by atoms with Gasteiger partial charge in [0.1, 0.15) is 5.01 Å². The van der Waals surface area contributed by atoms with Crippen LogP contribution in [0.2, 0.25) is 5.02 Å². The summed E-state index contributed by atoms with van der Waals surface area (Å²) in [6.45, 7) is 3.67. The Morgan fingerprint density at radius 3 is 2.44 bits per heavy atom. The van der Waals surface area contributed by atoms with E-state index in [2.05, 4.69) is 4.98 Å². The Labute approximate surface area is 104 Å². The highest BCUT2D eigenvalue weighted by atomic mass is 35.5. The van der Waals surface area contributed by atoms with Crippen molar-refractivity contribution in [3.63, 3.8) is 0 Å². The van der Waals surface area contributed by atoms with Crippen molar-refractivity contribution in [1.29, 1.82) is 0 Å². The van der Waals surface area contributed by atoms with Crippen LogP contribution < -0.4 is 0 Å². The van der Waals surface area contributed by atoms with Crippen LogP contribution in [0.15, 0.2) is 24.3 Å². The minimum Gasteiger partial charge on any atom is -0.388 e. The van der Waals surface area contributed by atoms with Gasteiger partial charge in [0.2, 0.25) is 0 Å². The van der Waals surface area contributed by atoms with E-state index in [0.29, 0.717) is 5.02 Å². The highest BCUT2D eigenvalue weighted by Gasteiger charge is 2.12. The van der Waals surface area contributed by atoms with Gasteiger partial charge in [0.05, 0.1) is 16.7 Å². The van der Waals surface area contributed by atoms with Gasteiger partial charge in [0, 0.05) is 10.6 Å². The molecule has 0 amide bonds. The molecule has 0 bridgehead atoms. The highest BCUT2D eigenvalue weighted by Crippen LogP contribution is 2.31. The number of thiazole rings is 1. The molecule has 84 valence electrons. The summed E-state index contributed by atoms with van der Waals surface area (Å²) in [6, 6.07) is 7.56. The average molecular weight is 254 g/mol. The molecule has 1 aromatic carbocycles. The fourth-order valence-corrected chi connectivity index (χ4v) is 2.65. The third-order valence-corrected chi connectivity index (χ3v) is 3.93. The van der Waals surface area contributed by atoms with Gasteiger partial charge in [-0.3, -0.25) is 0 Å². The molecule has 0 spiro atoms. The molecule has 1 N–H and O–H groups in total. The van der Waals surface area contributed by atoms with Crippen LogP contribution in [0, 0.1) is 6.92 Å². The number of aromatic nitrogens is 1. The molecule has 2 rings (SSSR count). The number of nitrogens with zero attached hydrogens (tertiary/aromatic N) is 1. The number of hydrogen-bond acceptors (Lipinski definition) is 3. The first-order valence-corrected chi connectivity index (χ1v) is 6.18. The zero-order chi connectivity index (χ0) is 11.7. The highest BCUT2D eigenvalue weighted by molar-refractivity contribution is 7.15. The summed E-state index contributed by atoms with van der Waals surface area (Å²) in [5.41, 5.74) is 1.93. The molecular formula is C12H12ClNOS. The van der Waals surface area contributed by atoms with Crippen LogP contribution in [0.3, 0.4) is 0 Å². The lowest BCUT2D eigenvalue weighted by molar-refractivity contribution is 0.202. The molecule has 1 atom stereocenters. The molecule has 0 radical (unpaired) electrons. The molecule has 2 nitrogen and oxygen atoms in total. The van der Waals surface area contributed by atoms with Gasteiger partial charge < -0.3 is 5.11 Å². The van der Waals surface area contributed by atoms with Gasteiger partial charge in [-0.15, -0.1) is 11.3 Å². The van der Waals surface area contributed by atoms with E-state index >= 15 is 0 Å². The second kappa shape index (κ2) is 4.53. The third kappa shape index (κ3) is 2.26. The summed E-state index contributed by atoms with van der Waals surface area (Å²) >= 11 is 7.35. The van der Waals surface area contributed by atoms with E-state index in [1.54, 1.807) is 6.92 Å². The molecular weight excluding hydrogens is 242 g/mol. The fourth-order valence-electron chi connectivity index (χ4n) is 1.51. The number of aryl methyl sites for hydroxylation is 1. The van der Waals surface area contributed by atoms with Crippen LogP contribution in [0.4, 0.5) is 0 Å². The number of aliphatic hydroxyl groups excluding tert-OH is 1. The van der Waals surface area contributed by atoms with Gasteiger partial charge in [-0.05, 0) is 26.0 Å². The van der Waals surface area contributed by atoms with Crippen LogP contribution in [-0.4, -0.2) is 10.1 Å². The van der Waals surface area contributed by atoms with E-state index in [4.69, 9.17) is 11.6 Å². The molecule has 1 aromatic heterocycles. The Hall–Kier alpha value is -0.900. The van der Waals surface area contributed by atoms with Crippen LogP contribution in [0.5, 0.6) is 0 Å². The Bertz CT molecular complexity index is 490. The molecule has 2 aromatic rings. The van der Waals surface area contributed by atoms with Crippen molar-refractivity contribution in [3.05, 3.63) is 39.9 Å². The standard InChI is InChI=1S/C12H12ClNOS/c1-7-11(8(2)15)16-12(14-7)9-3-5-10(13)6-4-9/h3-6,8,15H,1-2H3/t8-/m0/s1. The number of aliphatic hydroxyl groups is 1. The number of hydrogen-bond donors (Lipinski definition) is 1. The van der Waals surface area contributed by atoms with Crippen molar-refractivity contribution in [1.82, 2.24) is 4.98 Å². The number of benzene rings is 1. The monoisotopic (exact) mass is 253 g/mol. The van der Waals surface area contributed by atoms with Crippen LogP contribution in [0.25, 0.3) is 10.6 Å². The van der Waals surface area contributed by atoms with Gasteiger partial charge in [-0.1, -0.05) is 23.7 Å². The molecule has 1 heterocycles. The van der Waals surface area contributed by atoms with Crippen LogP contribution in [0.1, 0.15) is 23.6 Å². The molecule has 0 fully saturated rings. The van der Waals surface area contributed by atoms with Crippen LogP contribution in [-0.2, 0) is 0 Å². The molecule has 4 heteroatoms. The number of halogens is 1. The normalized spacial score (nSPS) is 12.8. The number of rotatable bonds is 2. The van der Waals surface area contributed by atoms with Crippen molar-refractivity contribution in [2.45, 2.75) is 20.0 Å². The first-order valence-electron chi connectivity index (χ1n) is 4.99. The maximum absolute atomic E-state index is 9.56. The summed E-state index contributed by atoms with van der Waals surface area (Å²) in [7, 11) is 0. The fraction of sp³-hybridized carbons (Fsp3) is 0.250. The van der Waals surface area contributed by atoms with Gasteiger partial charge in [-0.2, -0.15) is 0 Å². The Morgan fingerprint density at radius 2 is 1.94 bits per heavy atom. The maximum atomic E-state index is 9.56. The van der Waals surface area contributed by atoms with Crippen molar-refractivity contribution < 1.29 is 5.11 Å². The second-order valence-electron chi connectivity index (χ2n) is 3.65.